The van der Waals surface area contributed by atoms with Gasteiger partial charge in [-0.25, -0.2) is 4.79 Å². The molecule has 0 aliphatic carbocycles. The Bertz CT molecular complexity index is 453. The maximum Gasteiger partial charge on any atom is 0.374 e. The van der Waals surface area contributed by atoms with Crippen LogP contribution in [0.2, 0.25) is 0 Å². The van der Waals surface area contributed by atoms with E-state index < -0.39 is 5.97 Å². The molecule has 0 aliphatic rings. The lowest BCUT2D eigenvalue weighted by atomic mass is 10.3. The van der Waals surface area contributed by atoms with Crippen molar-refractivity contribution in [3.8, 4) is 11.4 Å². The van der Waals surface area contributed by atoms with Gasteiger partial charge in [0.25, 0.3) is 0 Å². The molecule has 0 spiro atoms. The number of aromatic carboxylic acids is 1. The summed E-state index contributed by atoms with van der Waals surface area (Å²) < 4.78 is 4.56. The SMILES string of the molecule is C.O=C(O)c1cc(-c2cnccn2)no1. The van der Waals surface area contributed by atoms with Gasteiger partial charge in [0.2, 0.25) is 5.76 Å². The molecule has 0 bridgehead atoms. The molecule has 2 heterocycles. The first-order valence-electron chi connectivity index (χ1n) is 3.74. The summed E-state index contributed by atoms with van der Waals surface area (Å²) >= 11 is 0. The Morgan fingerprint density at radius 3 is 2.67 bits per heavy atom. The fraction of sp³-hybridized carbons (Fsp3) is 0.111. The van der Waals surface area contributed by atoms with Crippen LogP contribution >= 0.6 is 0 Å². The molecule has 78 valence electrons. The Labute approximate surface area is 85.6 Å². The predicted octanol–water partition coefficient (Wildman–Crippen LogP) is 1.47. The highest BCUT2D eigenvalue weighted by Crippen LogP contribution is 2.14. The fourth-order valence-corrected chi connectivity index (χ4v) is 0.928. The van der Waals surface area contributed by atoms with Crippen molar-refractivity contribution in [2.24, 2.45) is 0 Å². The second kappa shape index (κ2) is 4.32. The molecule has 0 saturated carbocycles. The first kappa shape index (κ1) is 10.8. The maximum absolute atomic E-state index is 10.5. The maximum atomic E-state index is 10.5. The van der Waals surface area contributed by atoms with Gasteiger partial charge >= 0.3 is 5.97 Å². The molecule has 0 radical (unpaired) electrons. The van der Waals surface area contributed by atoms with Crippen LogP contribution < -0.4 is 0 Å². The van der Waals surface area contributed by atoms with Crippen molar-refractivity contribution in [2.45, 2.75) is 7.43 Å². The summed E-state index contributed by atoms with van der Waals surface area (Å²) in [6, 6.07) is 1.30. The number of rotatable bonds is 2. The van der Waals surface area contributed by atoms with Crippen molar-refractivity contribution in [1.29, 1.82) is 0 Å². The van der Waals surface area contributed by atoms with Crippen LogP contribution in [0.1, 0.15) is 18.0 Å². The summed E-state index contributed by atoms with van der Waals surface area (Å²) in [6.45, 7) is 0. The van der Waals surface area contributed by atoms with E-state index in [1.807, 2.05) is 0 Å². The standard InChI is InChI=1S/C8H5N3O3.CH4/c12-8(13)7-3-5(11-14-7)6-4-9-1-2-10-6;/h1-4H,(H,12,13);1H4. The molecule has 0 aliphatic heterocycles. The van der Waals surface area contributed by atoms with Crippen LogP contribution in [0.25, 0.3) is 11.4 Å². The van der Waals surface area contributed by atoms with Crippen molar-refractivity contribution < 1.29 is 14.4 Å². The Balaban J connectivity index is 0.00000112. The van der Waals surface area contributed by atoms with Crippen LogP contribution in [0.4, 0.5) is 0 Å². The third-order valence-corrected chi connectivity index (χ3v) is 1.55. The van der Waals surface area contributed by atoms with Gasteiger partial charge in [-0.15, -0.1) is 0 Å². The minimum absolute atomic E-state index is 0. The van der Waals surface area contributed by atoms with Crippen LogP contribution in [-0.4, -0.2) is 26.2 Å². The number of nitrogens with zero attached hydrogens (tertiary/aromatic N) is 3. The van der Waals surface area contributed by atoms with Gasteiger partial charge in [-0.05, 0) is 0 Å². The van der Waals surface area contributed by atoms with Crippen molar-refractivity contribution in [2.75, 3.05) is 0 Å². The average molecular weight is 207 g/mol. The first-order chi connectivity index (χ1) is 6.77. The molecule has 0 saturated heterocycles. The molecule has 6 nitrogen and oxygen atoms in total. The second-order valence-electron chi connectivity index (χ2n) is 2.47. The molecular formula is C9H9N3O3. The molecule has 0 fully saturated rings. The predicted molar refractivity (Wildman–Crippen MR) is 51.2 cm³/mol. The number of hydrogen-bond donors (Lipinski definition) is 1. The molecule has 2 rings (SSSR count). The van der Waals surface area contributed by atoms with E-state index >= 15 is 0 Å². The quantitative estimate of drug-likeness (QED) is 0.801. The Hall–Kier alpha value is -2.24. The lowest BCUT2D eigenvalue weighted by Gasteiger charge is -1.89. The van der Waals surface area contributed by atoms with Crippen molar-refractivity contribution in [1.82, 2.24) is 15.1 Å². The number of aromatic nitrogens is 3. The van der Waals surface area contributed by atoms with Gasteiger partial charge in [0.05, 0.1) is 6.20 Å². The van der Waals surface area contributed by atoms with Gasteiger partial charge in [0, 0.05) is 18.5 Å². The van der Waals surface area contributed by atoms with E-state index in [1.54, 1.807) is 0 Å². The van der Waals surface area contributed by atoms with Crippen LogP contribution in [0, 0.1) is 0 Å². The summed E-state index contributed by atoms with van der Waals surface area (Å²) in [5.74, 6) is -1.38. The molecular weight excluding hydrogens is 198 g/mol. The van der Waals surface area contributed by atoms with Gasteiger partial charge in [0.15, 0.2) is 0 Å². The highest BCUT2D eigenvalue weighted by molar-refractivity contribution is 5.85. The topological polar surface area (TPSA) is 89.1 Å². The molecule has 0 amide bonds. The largest absolute Gasteiger partial charge is 0.475 e. The molecule has 2 aromatic heterocycles. The van der Waals surface area contributed by atoms with E-state index in [0.717, 1.165) is 0 Å². The number of carbonyl (C=O) groups is 1. The molecule has 15 heavy (non-hydrogen) atoms. The summed E-state index contributed by atoms with van der Waals surface area (Å²) in [4.78, 5) is 18.2. The van der Waals surface area contributed by atoms with Crippen molar-refractivity contribution in [3.63, 3.8) is 0 Å². The molecule has 1 N–H and O–H groups in total. The fourth-order valence-electron chi connectivity index (χ4n) is 0.928. The van der Waals surface area contributed by atoms with Gasteiger partial charge < -0.3 is 9.63 Å². The summed E-state index contributed by atoms with van der Waals surface area (Å²) in [6.07, 6.45) is 4.48. The van der Waals surface area contributed by atoms with Gasteiger partial charge in [-0.3, -0.25) is 9.97 Å². The zero-order chi connectivity index (χ0) is 9.97. The Morgan fingerprint density at radius 1 is 1.33 bits per heavy atom. The van der Waals surface area contributed by atoms with Crippen LogP contribution in [0.5, 0.6) is 0 Å². The highest BCUT2D eigenvalue weighted by atomic mass is 16.5. The van der Waals surface area contributed by atoms with E-state index in [1.165, 1.54) is 24.7 Å². The van der Waals surface area contributed by atoms with Crippen molar-refractivity contribution in [3.05, 3.63) is 30.4 Å². The highest BCUT2D eigenvalue weighted by Gasteiger charge is 2.12. The summed E-state index contributed by atoms with van der Waals surface area (Å²) in [5, 5.41) is 12.1. The summed E-state index contributed by atoms with van der Waals surface area (Å²) in [5.41, 5.74) is 0.833. The third-order valence-electron chi connectivity index (χ3n) is 1.55. The Kier molecular flexibility index (Phi) is 3.12. The zero-order valence-electron chi connectivity index (χ0n) is 6.91. The van der Waals surface area contributed by atoms with Crippen LogP contribution in [0.15, 0.2) is 29.2 Å². The van der Waals surface area contributed by atoms with E-state index in [0.29, 0.717) is 11.4 Å². The molecule has 2 aromatic rings. The lowest BCUT2D eigenvalue weighted by Crippen LogP contribution is -1.91. The molecule has 6 heteroatoms. The summed E-state index contributed by atoms with van der Waals surface area (Å²) in [7, 11) is 0. The lowest BCUT2D eigenvalue weighted by molar-refractivity contribution is 0.0652. The molecule has 0 aromatic carbocycles. The smallest absolute Gasteiger partial charge is 0.374 e. The van der Waals surface area contributed by atoms with E-state index in [2.05, 4.69) is 19.6 Å². The van der Waals surface area contributed by atoms with E-state index in [9.17, 15) is 4.79 Å². The molecule has 0 atom stereocenters. The first-order valence-corrected chi connectivity index (χ1v) is 3.74. The average Bonchev–Trinajstić information content (AvgIpc) is 2.68. The van der Waals surface area contributed by atoms with Crippen LogP contribution in [-0.2, 0) is 0 Å². The normalized spacial score (nSPS) is 9.33. The minimum Gasteiger partial charge on any atom is -0.475 e. The number of carboxylic acids is 1. The van der Waals surface area contributed by atoms with Gasteiger partial charge in [-0.2, -0.15) is 0 Å². The number of carboxylic acid groups (broad SMARTS) is 1. The number of hydrogen-bond acceptors (Lipinski definition) is 5. The Morgan fingerprint density at radius 2 is 2.13 bits per heavy atom. The van der Waals surface area contributed by atoms with Crippen LogP contribution in [0.3, 0.4) is 0 Å². The van der Waals surface area contributed by atoms with Crippen molar-refractivity contribution >= 4 is 5.97 Å². The third kappa shape index (κ3) is 2.16. The second-order valence-corrected chi connectivity index (χ2v) is 2.47. The molecule has 0 unspecified atom stereocenters. The van der Waals surface area contributed by atoms with E-state index in [-0.39, 0.29) is 13.2 Å². The van der Waals surface area contributed by atoms with E-state index in [4.69, 9.17) is 5.11 Å². The van der Waals surface area contributed by atoms with Gasteiger partial charge in [0.1, 0.15) is 11.4 Å². The zero-order valence-corrected chi connectivity index (χ0v) is 6.91. The monoisotopic (exact) mass is 207 g/mol. The minimum atomic E-state index is -1.16. The van der Waals surface area contributed by atoms with Gasteiger partial charge in [-0.1, -0.05) is 12.6 Å².